The van der Waals surface area contributed by atoms with Crippen LogP contribution in [0.1, 0.15) is 52.4 Å². The van der Waals surface area contributed by atoms with Crippen LogP contribution in [0, 0.1) is 0 Å². The van der Waals surface area contributed by atoms with Gasteiger partial charge in [0.25, 0.3) is 0 Å². The Morgan fingerprint density at radius 1 is 0.967 bits per heavy atom. The smallest absolute Gasteiger partial charge is 0.344 e. The monoisotopic (exact) mass is 416 g/mol. The maximum Gasteiger partial charge on any atom is 0.344 e. The Kier molecular flexibility index (Phi) is 10.8. The summed E-state index contributed by atoms with van der Waals surface area (Å²) in [7, 11) is 0. The molecule has 1 fully saturated rings. The molecule has 2 rings (SSSR count). The van der Waals surface area contributed by atoms with Gasteiger partial charge in [-0.2, -0.15) is 0 Å². The number of ether oxygens (including phenoxy) is 2. The average molecular weight is 417 g/mol. The molecule has 1 amide bonds. The predicted octanol–water partition coefficient (Wildman–Crippen LogP) is 4.19. The highest BCUT2D eigenvalue weighted by Crippen LogP contribution is 2.21. The number of carbonyl (C=O) groups excluding carboxylic acids is 2. The van der Waals surface area contributed by atoms with Crippen LogP contribution in [0.4, 0.5) is 5.69 Å². The number of rotatable bonds is 12. The zero-order chi connectivity index (χ0) is 21.6. The minimum atomic E-state index is -0.368. The number of unbranched alkanes of at least 4 members (excludes halogenated alkanes) is 5. The second kappa shape index (κ2) is 13.7. The molecule has 166 valence electrons. The van der Waals surface area contributed by atoms with Gasteiger partial charge in [-0.15, -0.1) is 0 Å². The summed E-state index contributed by atoms with van der Waals surface area (Å²) < 4.78 is 10.3. The minimum Gasteiger partial charge on any atom is -0.482 e. The minimum absolute atomic E-state index is 0.0831. The van der Waals surface area contributed by atoms with Gasteiger partial charge < -0.3 is 19.3 Å². The molecule has 1 saturated heterocycles. The van der Waals surface area contributed by atoms with Crippen LogP contribution in [0.3, 0.4) is 0 Å². The van der Waals surface area contributed by atoms with E-state index in [2.05, 4.69) is 11.8 Å². The molecule has 1 aliphatic rings. The number of piperazine rings is 1. The Bertz CT molecular complexity index is 664. The van der Waals surface area contributed by atoms with E-state index in [1.54, 1.807) is 13.0 Å². The molecule has 1 aromatic carbocycles. The number of carbonyl (C=O) groups is 2. The largest absolute Gasteiger partial charge is 0.482 e. The van der Waals surface area contributed by atoms with Crippen LogP contribution in [-0.2, 0) is 14.3 Å². The van der Waals surface area contributed by atoms with Gasteiger partial charge in [-0.1, -0.05) is 38.7 Å². The van der Waals surface area contributed by atoms with E-state index in [-0.39, 0.29) is 18.5 Å². The van der Waals surface area contributed by atoms with Gasteiger partial charge in [0.05, 0.1) is 6.61 Å². The van der Waals surface area contributed by atoms with Gasteiger partial charge in [-0.3, -0.25) is 4.79 Å². The molecular formula is C24H36N2O4. The Morgan fingerprint density at radius 3 is 2.33 bits per heavy atom. The van der Waals surface area contributed by atoms with E-state index in [0.29, 0.717) is 12.4 Å². The second-order valence-electron chi connectivity index (χ2n) is 7.51. The van der Waals surface area contributed by atoms with E-state index < -0.39 is 0 Å². The van der Waals surface area contributed by atoms with Crippen LogP contribution in [0.5, 0.6) is 5.75 Å². The van der Waals surface area contributed by atoms with Crippen molar-refractivity contribution in [1.29, 1.82) is 0 Å². The van der Waals surface area contributed by atoms with Crippen LogP contribution < -0.4 is 9.64 Å². The van der Waals surface area contributed by atoms with Crippen molar-refractivity contribution in [2.75, 3.05) is 44.3 Å². The van der Waals surface area contributed by atoms with E-state index in [1.807, 2.05) is 35.2 Å². The first-order valence-electron chi connectivity index (χ1n) is 11.2. The van der Waals surface area contributed by atoms with Crippen LogP contribution in [0.2, 0.25) is 0 Å². The standard InChI is InChI=1S/C24H36N2O4/c1-3-5-6-7-8-9-10-11-23(27)26-18-16-25(17-19-26)21-12-14-22(15-13-21)30-20-24(28)29-4-2/h10-15H,3-9,16-20H2,1-2H3. The van der Waals surface area contributed by atoms with Crippen molar-refractivity contribution in [3.05, 3.63) is 36.4 Å². The van der Waals surface area contributed by atoms with E-state index in [4.69, 9.17) is 9.47 Å². The summed E-state index contributed by atoms with van der Waals surface area (Å²) in [6.07, 6.45) is 11.0. The highest BCUT2D eigenvalue weighted by atomic mass is 16.6. The molecule has 0 radical (unpaired) electrons. The van der Waals surface area contributed by atoms with E-state index in [9.17, 15) is 9.59 Å². The fraction of sp³-hybridized carbons (Fsp3) is 0.583. The Labute approximate surface area is 180 Å². The maximum absolute atomic E-state index is 12.4. The number of esters is 1. The normalized spacial score (nSPS) is 14.2. The van der Waals surface area contributed by atoms with Crippen LogP contribution >= 0.6 is 0 Å². The fourth-order valence-electron chi connectivity index (χ4n) is 3.44. The lowest BCUT2D eigenvalue weighted by molar-refractivity contribution is -0.145. The number of allylic oxidation sites excluding steroid dienone is 1. The molecule has 1 aromatic rings. The van der Waals surface area contributed by atoms with Crippen molar-refractivity contribution in [2.24, 2.45) is 0 Å². The zero-order valence-corrected chi connectivity index (χ0v) is 18.5. The second-order valence-corrected chi connectivity index (χ2v) is 7.51. The van der Waals surface area contributed by atoms with Crippen molar-refractivity contribution >= 4 is 17.6 Å². The first-order valence-corrected chi connectivity index (χ1v) is 11.2. The number of anilines is 1. The van der Waals surface area contributed by atoms with Gasteiger partial charge in [0.2, 0.25) is 5.91 Å². The first-order chi connectivity index (χ1) is 14.6. The third-order valence-corrected chi connectivity index (χ3v) is 5.19. The molecule has 0 atom stereocenters. The predicted molar refractivity (Wildman–Crippen MR) is 120 cm³/mol. The lowest BCUT2D eigenvalue weighted by Gasteiger charge is -2.35. The topological polar surface area (TPSA) is 59.1 Å². The molecule has 0 spiro atoms. The summed E-state index contributed by atoms with van der Waals surface area (Å²) in [6.45, 7) is 7.31. The summed E-state index contributed by atoms with van der Waals surface area (Å²) >= 11 is 0. The van der Waals surface area contributed by atoms with Gasteiger partial charge in [0.1, 0.15) is 5.75 Å². The summed E-state index contributed by atoms with van der Waals surface area (Å²) in [5, 5.41) is 0. The summed E-state index contributed by atoms with van der Waals surface area (Å²) in [5.41, 5.74) is 1.09. The SMILES string of the molecule is CCCCCCCC=CC(=O)N1CCN(c2ccc(OCC(=O)OCC)cc2)CC1. The molecule has 6 heteroatoms. The number of amides is 1. The summed E-state index contributed by atoms with van der Waals surface area (Å²) in [6, 6.07) is 7.68. The quantitative estimate of drug-likeness (QED) is 0.290. The Hall–Kier alpha value is -2.50. The average Bonchev–Trinajstić information content (AvgIpc) is 2.77. The van der Waals surface area contributed by atoms with Crippen molar-refractivity contribution in [3.63, 3.8) is 0 Å². The lowest BCUT2D eigenvalue weighted by Crippen LogP contribution is -2.48. The van der Waals surface area contributed by atoms with Gasteiger partial charge in [-0.25, -0.2) is 4.79 Å². The number of nitrogens with zero attached hydrogens (tertiary/aromatic N) is 2. The van der Waals surface area contributed by atoms with Crippen molar-refractivity contribution in [3.8, 4) is 5.75 Å². The van der Waals surface area contributed by atoms with Gasteiger partial charge in [0.15, 0.2) is 6.61 Å². The Morgan fingerprint density at radius 2 is 1.67 bits per heavy atom. The summed E-state index contributed by atoms with van der Waals surface area (Å²) in [4.78, 5) is 27.9. The molecule has 1 aliphatic heterocycles. The molecular weight excluding hydrogens is 380 g/mol. The number of hydrogen-bond donors (Lipinski definition) is 0. The fourth-order valence-corrected chi connectivity index (χ4v) is 3.44. The van der Waals surface area contributed by atoms with Crippen molar-refractivity contribution in [2.45, 2.75) is 52.4 Å². The molecule has 0 unspecified atom stereocenters. The molecule has 1 heterocycles. The van der Waals surface area contributed by atoms with Crippen LogP contribution in [-0.4, -0.2) is 56.2 Å². The lowest BCUT2D eigenvalue weighted by atomic mass is 10.1. The maximum atomic E-state index is 12.4. The van der Waals surface area contributed by atoms with E-state index >= 15 is 0 Å². The van der Waals surface area contributed by atoms with Gasteiger partial charge in [-0.05, 0) is 50.1 Å². The highest BCUT2D eigenvalue weighted by molar-refractivity contribution is 5.87. The third kappa shape index (κ3) is 8.47. The van der Waals surface area contributed by atoms with Crippen LogP contribution in [0.25, 0.3) is 0 Å². The van der Waals surface area contributed by atoms with Gasteiger partial charge >= 0.3 is 5.97 Å². The molecule has 6 nitrogen and oxygen atoms in total. The summed E-state index contributed by atoms with van der Waals surface area (Å²) in [5.74, 6) is 0.388. The molecule has 0 N–H and O–H groups in total. The molecule has 30 heavy (non-hydrogen) atoms. The molecule has 0 aliphatic carbocycles. The first kappa shape index (κ1) is 23.8. The van der Waals surface area contributed by atoms with E-state index in [1.165, 1.54) is 25.7 Å². The third-order valence-electron chi connectivity index (χ3n) is 5.19. The van der Waals surface area contributed by atoms with E-state index in [0.717, 1.165) is 44.7 Å². The zero-order valence-electron chi connectivity index (χ0n) is 18.5. The van der Waals surface area contributed by atoms with Crippen LogP contribution in [0.15, 0.2) is 36.4 Å². The van der Waals surface area contributed by atoms with Gasteiger partial charge in [0, 0.05) is 31.9 Å². The van der Waals surface area contributed by atoms with Crippen molar-refractivity contribution in [1.82, 2.24) is 4.90 Å². The van der Waals surface area contributed by atoms with Crippen molar-refractivity contribution < 1.29 is 19.1 Å². The molecule has 0 saturated carbocycles. The number of benzene rings is 1. The molecule has 0 aromatic heterocycles. The molecule has 0 bridgehead atoms. The highest BCUT2D eigenvalue weighted by Gasteiger charge is 2.19. The number of hydrogen-bond acceptors (Lipinski definition) is 5. The Balaban J connectivity index is 1.69.